The third-order valence-corrected chi connectivity index (χ3v) is 2.86. The van der Waals surface area contributed by atoms with Crippen molar-refractivity contribution in [1.29, 1.82) is 0 Å². The maximum Gasteiger partial charge on any atom is 0.180 e. The Morgan fingerprint density at radius 3 is 2.79 bits per heavy atom. The fourth-order valence-electron chi connectivity index (χ4n) is 1.64. The van der Waals surface area contributed by atoms with Gasteiger partial charge in [-0.3, -0.25) is 4.98 Å². The Balaban J connectivity index is 2.20. The van der Waals surface area contributed by atoms with Crippen LogP contribution in [-0.2, 0) is 13.2 Å². The number of aromatic nitrogens is 1. The molecule has 0 saturated carbocycles. The number of pyridine rings is 1. The number of rotatable bonds is 5. The van der Waals surface area contributed by atoms with E-state index in [1.54, 1.807) is 24.5 Å². The standard InChI is InChI=1S/C14H14ClNO3/c1-18-13-6-11(8-17)5-12(15)14(13)19-9-10-3-2-4-16-7-10/h2-7,17H,8-9H2,1H3. The minimum absolute atomic E-state index is 0.0982. The van der Waals surface area contributed by atoms with E-state index in [0.717, 1.165) is 5.56 Å². The molecule has 5 heteroatoms. The van der Waals surface area contributed by atoms with Crippen molar-refractivity contribution in [1.82, 2.24) is 4.98 Å². The Morgan fingerprint density at radius 2 is 2.16 bits per heavy atom. The van der Waals surface area contributed by atoms with Crippen LogP contribution in [0.2, 0.25) is 5.02 Å². The zero-order valence-electron chi connectivity index (χ0n) is 10.5. The van der Waals surface area contributed by atoms with Crippen molar-refractivity contribution >= 4 is 11.6 Å². The molecule has 2 rings (SSSR count). The molecule has 0 saturated heterocycles. The van der Waals surface area contributed by atoms with Crippen LogP contribution in [0.5, 0.6) is 11.5 Å². The Hall–Kier alpha value is -1.78. The van der Waals surface area contributed by atoms with Crippen molar-refractivity contribution in [3.63, 3.8) is 0 Å². The summed E-state index contributed by atoms with van der Waals surface area (Å²) in [4.78, 5) is 4.01. The van der Waals surface area contributed by atoms with Gasteiger partial charge in [0.2, 0.25) is 0 Å². The van der Waals surface area contributed by atoms with E-state index in [9.17, 15) is 0 Å². The predicted molar refractivity (Wildman–Crippen MR) is 72.5 cm³/mol. The summed E-state index contributed by atoms with van der Waals surface area (Å²) < 4.78 is 10.9. The molecule has 19 heavy (non-hydrogen) atoms. The average Bonchev–Trinajstić information content (AvgIpc) is 2.46. The smallest absolute Gasteiger partial charge is 0.180 e. The van der Waals surface area contributed by atoms with Gasteiger partial charge in [-0.1, -0.05) is 17.7 Å². The normalized spacial score (nSPS) is 10.3. The molecule has 1 N–H and O–H groups in total. The first-order valence-corrected chi connectivity index (χ1v) is 6.11. The molecule has 0 aliphatic rings. The lowest BCUT2D eigenvalue weighted by Gasteiger charge is -2.13. The molecule has 100 valence electrons. The van der Waals surface area contributed by atoms with E-state index < -0.39 is 0 Å². The van der Waals surface area contributed by atoms with Crippen LogP contribution in [0.25, 0.3) is 0 Å². The van der Waals surface area contributed by atoms with Gasteiger partial charge >= 0.3 is 0 Å². The summed E-state index contributed by atoms with van der Waals surface area (Å²) in [6.45, 7) is 0.251. The van der Waals surface area contributed by atoms with Crippen LogP contribution in [0.15, 0.2) is 36.7 Å². The maximum absolute atomic E-state index is 9.12. The molecule has 0 aliphatic carbocycles. The van der Waals surface area contributed by atoms with Crippen molar-refractivity contribution in [3.05, 3.63) is 52.8 Å². The number of aliphatic hydroxyl groups is 1. The van der Waals surface area contributed by atoms with Crippen molar-refractivity contribution in [2.45, 2.75) is 13.2 Å². The van der Waals surface area contributed by atoms with Gasteiger partial charge in [0, 0.05) is 18.0 Å². The van der Waals surface area contributed by atoms with E-state index in [1.807, 2.05) is 12.1 Å². The molecule has 1 heterocycles. The molecule has 0 fully saturated rings. The van der Waals surface area contributed by atoms with Gasteiger partial charge in [0.05, 0.1) is 18.7 Å². The minimum Gasteiger partial charge on any atom is -0.493 e. The Morgan fingerprint density at radius 1 is 1.32 bits per heavy atom. The summed E-state index contributed by atoms with van der Waals surface area (Å²) in [5.74, 6) is 0.964. The number of aliphatic hydroxyl groups excluding tert-OH is 1. The number of ether oxygens (including phenoxy) is 2. The number of nitrogens with zero attached hydrogens (tertiary/aromatic N) is 1. The summed E-state index contributed by atoms with van der Waals surface area (Å²) in [6, 6.07) is 7.11. The van der Waals surface area contributed by atoms with Gasteiger partial charge < -0.3 is 14.6 Å². The first kappa shape index (κ1) is 13.6. The molecule has 0 unspecified atom stereocenters. The van der Waals surface area contributed by atoms with Crippen molar-refractivity contribution in [3.8, 4) is 11.5 Å². The highest BCUT2D eigenvalue weighted by molar-refractivity contribution is 6.32. The molecular formula is C14H14ClNO3. The monoisotopic (exact) mass is 279 g/mol. The molecular weight excluding hydrogens is 266 g/mol. The summed E-state index contributed by atoms with van der Waals surface area (Å²) >= 11 is 6.13. The fraction of sp³-hybridized carbons (Fsp3) is 0.214. The van der Waals surface area contributed by atoms with Gasteiger partial charge in [-0.15, -0.1) is 0 Å². The van der Waals surface area contributed by atoms with E-state index >= 15 is 0 Å². The number of methoxy groups -OCH3 is 1. The average molecular weight is 280 g/mol. The van der Waals surface area contributed by atoms with Crippen LogP contribution >= 0.6 is 11.6 Å². The Kier molecular flexibility index (Phi) is 4.60. The summed E-state index contributed by atoms with van der Waals surface area (Å²) in [5, 5.41) is 9.53. The second-order valence-corrected chi connectivity index (χ2v) is 4.32. The molecule has 0 aliphatic heterocycles. The zero-order chi connectivity index (χ0) is 13.7. The molecule has 0 amide bonds. The molecule has 1 aromatic heterocycles. The van der Waals surface area contributed by atoms with E-state index in [0.29, 0.717) is 28.7 Å². The Bertz CT molecular complexity index is 546. The third-order valence-electron chi connectivity index (χ3n) is 2.58. The largest absolute Gasteiger partial charge is 0.493 e. The molecule has 1 aromatic carbocycles. The van der Waals surface area contributed by atoms with E-state index in [4.69, 9.17) is 26.2 Å². The summed E-state index contributed by atoms with van der Waals surface area (Å²) in [6.07, 6.45) is 3.43. The van der Waals surface area contributed by atoms with Crippen molar-refractivity contribution in [2.75, 3.05) is 7.11 Å². The van der Waals surface area contributed by atoms with Crippen LogP contribution in [0.4, 0.5) is 0 Å². The number of hydrogen-bond acceptors (Lipinski definition) is 4. The topological polar surface area (TPSA) is 51.6 Å². The van der Waals surface area contributed by atoms with Crippen LogP contribution in [0, 0.1) is 0 Å². The zero-order valence-corrected chi connectivity index (χ0v) is 11.2. The SMILES string of the molecule is COc1cc(CO)cc(Cl)c1OCc1cccnc1. The highest BCUT2D eigenvalue weighted by Crippen LogP contribution is 2.36. The molecule has 0 atom stereocenters. The summed E-state index contributed by atoms with van der Waals surface area (Å²) in [5.41, 5.74) is 1.61. The van der Waals surface area contributed by atoms with E-state index in [2.05, 4.69) is 4.98 Å². The fourth-order valence-corrected chi connectivity index (χ4v) is 1.93. The summed E-state index contributed by atoms with van der Waals surface area (Å²) in [7, 11) is 1.53. The third kappa shape index (κ3) is 3.36. The molecule has 0 spiro atoms. The molecule has 0 radical (unpaired) electrons. The molecule has 0 bridgehead atoms. The predicted octanol–water partition coefficient (Wildman–Crippen LogP) is 2.81. The lowest BCUT2D eigenvalue weighted by molar-refractivity contribution is 0.274. The van der Waals surface area contributed by atoms with Crippen LogP contribution < -0.4 is 9.47 Å². The van der Waals surface area contributed by atoms with Crippen molar-refractivity contribution < 1.29 is 14.6 Å². The van der Waals surface area contributed by atoms with Crippen molar-refractivity contribution in [2.24, 2.45) is 0 Å². The molecule has 2 aromatic rings. The number of hydrogen-bond donors (Lipinski definition) is 1. The van der Waals surface area contributed by atoms with Gasteiger partial charge in [0.25, 0.3) is 0 Å². The number of halogens is 1. The van der Waals surface area contributed by atoms with E-state index in [-0.39, 0.29) is 6.61 Å². The number of benzene rings is 1. The quantitative estimate of drug-likeness (QED) is 0.914. The highest BCUT2D eigenvalue weighted by Gasteiger charge is 2.12. The maximum atomic E-state index is 9.12. The minimum atomic E-state index is -0.0982. The van der Waals surface area contributed by atoms with Crippen LogP contribution in [0.3, 0.4) is 0 Å². The van der Waals surface area contributed by atoms with Gasteiger partial charge in [-0.05, 0) is 23.8 Å². The lowest BCUT2D eigenvalue weighted by atomic mass is 10.2. The molecule has 4 nitrogen and oxygen atoms in total. The van der Waals surface area contributed by atoms with Crippen LogP contribution in [-0.4, -0.2) is 17.2 Å². The van der Waals surface area contributed by atoms with Gasteiger partial charge in [0.1, 0.15) is 6.61 Å². The van der Waals surface area contributed by atoms with Crippen LogP contribution in [0.1, 0.15) is 11.1 Å². The first-order chi connectivity index (χ1) is 9.24. The van der Waals surface area contributed by atoms with Gasteiger partial charge in [0.15, 0.2) is 11.5 Å². The second-order valence-electron chi connectivity index (χ2n) is 3.92. The second kappa shape index (κ2) is 6.41. The van der Waals surface area contributed by atoms with Gasteiger partial charge in [-0.2, -0.15) is 0 Å². The van der Waals surface area contributed by atoms with Gasteiger partial charge in [-0.25, -0.2) is 0 Å². The lowest BCUT2D eigenvalue weighted by Crippen LogP contribution is -1.99. The Labute approximate surface area is 116 Å². The highest BCUT2D eigenvalue weighted by atomic mass is 35.5. The first-order valence-electron chi connectivity index (χ1n) is 5.73. The van der Waals surface area contributed by atoms with E-state index in [1.165, 1.54) is 7.11 Å².